The van der Waals surface area contributed by atoms with Crippen LogP contribution in [0.2, 0.25) is 0 Å². The van der Waals surface area contributed by atoms with Crippen LogP contribution < -0.4 is 16.0 Å². The number of hydrogen-bond acceptors (Lipinski definition) is 5. The molecule has 0 saturated heterocycles. The molecule has 1 rings (SSSR count). The topological polar surface area (TPSA) is 84.7 Å². The molecule has 0 unspecified atom stereocenters. The standard InChI is InChI=1S/C15H23N3O3/c1-4-17-14(19)10-18(5-2)13-9-11(7-8-12(13)16)15(20)21-6-3/h7-9H,4-6,10,16H2,1-3H3,(H,17,19). The van der Waals surface area contributed by atoms with Gasteiger partial charge in [-0.25, -0.2) is 4.79 Å². The number of hydrogen-bond donors (Lipinski definition) is 2. The van der Waals surface area contributed by atoms with Gasteiger partial charge in [0.1, 0.15) is 0 Å². The average molecular weight is 293 g/mol. The lowest BCUT2D eigenvalue weighted by Gasteiger charge is -2.24. The molecule has 0 aliphatic carbocycles. The molecule has 6 nitrogen and oxygen atoms in total. The number of benzene rings is 1. The summed E-state index contributed by atoms with van der Waals surface area (Å²) in [6.45, 7) is 7.24. The van der Waals surface area contributed by atoms with Gasteiger partial charge in [-0.05, 0) is 39.0 Å². The molecule has 0 bridgehead atoms. The first-order valence-electron chi connectivity index (χ1n) is 7.11. The molecule has 0 spiro atoms. The van der Waals surface area contributed by atoms with Crippen LogP contribution in [0.5, 0.6) is 0 Å². The van der Waals surface area contributed by atoms with Crippen LogP contribution in [0.15, 0.2) is 18.2 Å². The fourth-order valence-electron chi connectivity index (χ4n) is 1.95. The Bertz CT molecular complexity index is 503. The lowest BCUT2D eigenvalue weighted by molar-refractivity contribution is -0.119. The van der Waals surface area contributed by atoms with E-state index in [0.29, 0.717) is 36.6 Å². The van der Waals surface area contributed by atoms with E-state index in [2.05, 4.69) is 5.32 Å². The Kier molecular flexibility index (Phi) is 6.52. The summed E-state index contributed by atoms with van der Waals surface area (Å²) < 4.78 is 4.98. The predicted octanol–water partition coefficient (Wildman–Crippen LogP) is 1.41. The zero-order valence-electron chi connectivity index (χ0n) is 12.8. The summed E-state index contributed by atoms with van der Waals surface area (Å²) in [6, 6.07) is 4.94. The zero-order chi connectivity index (χ0) is 15.8. The highest BCUT2D eigenvalue weighted by Crippen LogP contribution is 2.24. The molecule has 21 heavy (non-hydrogen) atoms. The second-order valence-corrected chi connectivity index (χ2v) is 4.46. The van der Waals surface area contributed by atoms with Crippen molar-refractivity contribution >= 4 is 23.3 Å². The minimum absolute atomic E-state index is 0.0831. The van der Waals surface area contributed by atoms with Crippen molar-refractivity contribution in [3.63, 3.8) is 0 Å². The molecule has 0 saturated carbocycles. The van der Waals surface area contributed by atoms with Crippen LogP contribution in [0.1, 0.15) is 31.1 Å². The summed E-state index contributed by atoms with van der Waals surface area (Å²) in [6.07, 6.45) is 0. The van der Waals surface area contributed by atoms with Crippen molar-refractivity contribution in [1.29, 1.82) is 0 Å². The molecule has 1 aromatic carbocycles. The van der Waals surface area contributed by atoms with Crippen LogP contribution in [0.4, 0.5) is 11.4 Å². The molecule has 3 N–H and O–H groups in total. The molecule has 116 valence electrons. The number of carbonyl (C=O) groups is 2. The van der Waals surface area contributed by atoms with Crippen molar-refractivity contribution in [2.24, 2.45) is 0 Å². The molecule has 0 radical (unpaired) electrons. The zero-order valence-corrected chi connectivity index (χ0v) is 12.8. The number of carbonyl (C=O) groups excluding carboxylic acids is 2. The third kappa shape index (κ3) is 4.66. The van der Waals surface area contributed by atoms with Gasteiger partial charge in [-0.2, -0.15) is 0 Å². The van der Waals surface area contributed by atoms with Crippen molar-refractivity contribution in [1.82, 2.24) is 5.32 Å². The summed E-state index contributed by atoms with van der Waals surface area (Å²) in [4.78, 5) is 25.3. The number of nitrogens with zero attached hydrogens (tertiary/aromatic N) is 1. The Balaban J connectivity index is 2.99. The number of ether oxygens (including phenoxy) is 1. The van der Waals surface area contributed by atoms with Gasteiger partial charge >= 0.3 is 5.97 Å². The Hall–Kier alpha value is -2.24. The quantitative estimate of drug-likeness (QED) is 0.586. The van der Waals surface area contributed by atoms with Gasteiger partial charge in [0, 0.05) is 13.1 Å². The van der Waals surface area contributed by atoms with E-state index in [1.165, 1.54) is 0 Å². The molecule has 1 aromatic rings. The van der Waals surface area contributed by atoms with Crippen LogP contribution in [0.3, 0.4) is 0 Å². The van der Waals surface area contributed by atoms with Gasteiger partial charge in [0.05, 0.1) is 30.1 Å². The minimum Gasteiger partial charge on any atom is -0.462 e. The monoisotopic (exact) mass is 293 g/mol. The molecular formula is C15H23N3O3. The molecule has 0 heterocycles. The second-order valence-electron chi connectivity index (χ2n) is 4.46. The van der Waals surface area contributed by atoms with E-state index in [-0.39, 0.29) is 12.5 Å². The van der Waals surface area contributed by atoms with Crippen LogP contribution in [0.25, 0.3) is 0 Å². The summed E-state index contributed by atoms with van der Waals surface area (Å²) >= 11 is 0. The largest absolute Gasteiger partial charge is 0.462 e. The molecule has 0 aliphatic heterocycles. The number of likely N-dealkylation sites (N-methyl/N-ethyl adjacent to an activating group) is 2. The van der Waals surface area contributed by atoms with Crippen LogP contribution in [0, 0.1) is 0 Å². The maximum atomic E-state index is 11.8. The van der Waals surface area contributed by atoms with Gasteiger partial charge in [0.2, 0.25) is 5.91 Å². The highest BCUT2D eigenvalue weighted by atomic mass is 16.5. The number of esters is 1. The Labute approximate surface area is 125 Å². The van der Waals surface area contributed by atoms with Crippen molar-refractivity contribution in [2.45, 2.75) is 20.8 Å². The van der Waals surface area contributed by atoms with Crippen LogP contribution in [-0.4, -0.2) is 38.1 Å². The number of amides is 1. The fourth-order valence-corrected chi connectivity index (χ4v) is 1.95. The van der Waals surface area contributed by atoms with E-state index >= 15 is 0 Å². The average Bonchev–Trinajstić information content (AvgIpc) is 2.46. The van der Waals surface area contributed by atoms with Gasteiger partial charge in [-0.15, -0.1) is 0 Å². The molecule has 0 aliphatic rings. The first kappa shape index (κ1) is 16.8. The molecule has 0 atom stereocenters. The molecule has 0 fully saturated rings. The second kappa shape index (κ2) is 8.14. The highest BCUT2D eigenvalue weighted by Gasteiger charge is 2.15. The summed E-state index contributed by atoms with van der Waals surface area (Å²) in [5, 5.41) is 2.74. The highest BCUT2D eigenvalue weighted by molar-refractivity contribution is 5.92. The van der Waals surface area contributed by atoms with Gasteiger partial charge in [-0.3, -0.25) is 4.79 Å². The third-order valence-electron chi connectivity index (χ3n) is 2.97. The van der Waals surface area contributed by atoms with Crippen molar-refractivity contribution < 1.29 is 14.3 Å². The fraction of sp³-hybridized carbons (Fsp3) is 0.467. The first-order valence-corrected chi connectivity index (χ1v) is 7.11. The van der Waals surface area contributed by atoms with Gasteiger partial charge < -0.3 is 20.7 Å². The molecule has 0 aromatic heterocycles. The summed E-state index contributed by atoms with van der Waals surface area (Å²) in [5.41, 5.74) is 7.57. The number of nitrogens with one attached hydrogen (secondary N) is 1. The van der Waals surface area contributed by atoms with Gasteiger partial charge in [0.25, 0.3) is 0 Å². The summed E-state index contributed by atoms with van der Waals surface area (Å²) in [5.74, 6) is -0.479. The number of rotatable bonds is 7. The van der Waals surface area contributed by atoms with Crippen molar-refractivity contribution in [3.8, 4) is 0 Å². The Morgan fingerprint density at radius 2 is 2.00 bits per heavy atom. The number of nitrogen functional groups attached to an aromatic ring is 1. The lowest BCUT2D eigenvalue weighted by atomic mass is 10.1. The van der Waals surface area contributed by atoms with Crippen LogP contribution >= 0.6 is 0 Å². The molecule has 6 heteroatoms. The Morgan fingerprint density at radius 3 is 2.57 bits per heavy atom. The van der Waals surface area contributed by atoms with Crippen LogP contribution in [-0.2, 0) is 9.53 Å². The van der Waals surface area contributed by atoms with Crippen molar-refractivity contribution in [2.75, 3.05) is 36.9 Å². The van der Waals surface area contributed by atoms with Crippen molar-refractivity contribution in [3.05, 3.63) is 23.8 Å². The maximum Gasteiger partial charge on any atom is 0.338 e. The van der Waals surface area contributed by atoms with E-state index in [0.717, 1.165) is 0 Å². The van der Waals surface area contributed by atoms with E-state index in [1.807, 2.05) is 18.7 Å². The normalized spacial score (nSPS) is 10.0. The number of nitrogens with two attached hydrogens (primary N) is 1. The predicted molar refractivity (Wildman–Crippen MR) is 83.4 cm³/mol. The van der Waals surface area contributed by atoms with E-state index < -0.39 is 5.97 Å². The smallest absolute Gasteiger partial charge is 0.338 e. The molecular weight excluding hydrogens is 270 g/mol. The van der Waals surface area contributed by atoms with E-state index in [1.54, 1.807) is 25.1 Å². The third-order valence-corrected chi connectivity index (χ3v) is 2.97. The molecule has 1 amide bonds. The lowest BCUT2D eigenvalue weighted by Crippen LogP contribution is -2.37. The Morgan fingerprint density at radius 1 is 1.29 bits per heavy atom. The number of anilines is 2. The first-order chi connectivity index (χ1) is 10.0. The van der Waals surface area contributed by atoms with Gasteiger partial charge in [-0.1, -0.05) is 0 Å². The summed E-state index contributed by atoms with van der Waals surface area (Å²) in [7, 11) is 0. The van der Waals surface area contributed by atoms with E-state index in [9.17, 15) is 9.59 Å². The minimum atomic E-state index is -0.396. The SMILES string of the molecule is CCNC(=O)CN(CC)c1cc(C(=O)OCC)ccc1N. The van der Waals surface area contributed by atoms with Gasteiger partial charge in [0.15, 0.2) is 0 Å². The van der Waals surface area contributed by atoms with E-state index in [4.69, 9.17) is 10.5 Å². The maximum absolute atomic E-state index is 11.8.